The Morgan fingerprint density at radius 3 is 2.26 bits per heavy atom. The number of hydrogen-bond donors (Lipinski definition) is 2. The van der Waals surface area contributed by atoms with Crippen LogP contribution in [0.4, 0.5) is 4.79 Å². The summed E-state index contributed by atoms with van der Waals surface area (Å²) in [4.78, 5) is 43.3. The number of amides is 2. The van der Waals surface area contributed by atoms with Gasteiger partial charge in [0.2, 0.25) is 5.91 Å². The standard InChI is InChI=1S/C37H59BN4O8/c1-34(2,3)47-32(44)26-13-11-12-24(31(26)46-10)20-29(38-49-28-22-25-21-27(36(25,7)8)37(28,9)50-38)40-30(43)23-42-18-16-41(17-19-42)15-14-39-33(45)48-35(4,5)6/h11-13,25,27-29H,14-23H2,1-10H3,(H,39,45)(H,40,43). The maximum Gasteiger partial charge on any atom is 0.482 e. The lowest BCUT2D eigenvalue weighted by atomic mass is 9.43. The Morgan fingerprint density at radius 1 is 0.980 bits per heavy atom. The number of nitrogens with zero attached hydrogens (tertiary/aromatic N) is 2. The van der Waals surface area contributed by atoms with Crippen LogP contribution in [0.5, 0.6) is 5.75 Å². The fourth-order valence-corrected chi connectivity index (χ4v) is 8.26. The fraction of sp³-hybridized carbons (Fsp3) is 0.757. The summed E-state index contributed by atoms with van der Waals surface area (Å²) in [7, 11) is 0.884. The van der Waals surface area contributed by atoms with E-state index >= 15 is 0 Å². The van der Waals surface area contributed by atoms with Crippen molar-refractivity contribution in [2.45, 2.75) is 110 Å². The van der Waals surface area contributed by atoms with Crippen molar-refractivity contribution in [3.05, 3.63) is 29.3 Å². The van der Waals surface area contributed by atoms with Gasteiger partial charge in [-0.15, -0.1) is 0 Å². The third kappa shape index (κ3) is 8.77. The third-order valence-corrected chi connectivity index (χ3v) is 10.9. The number of hydrogen-bond acceptors (Lipinski definition) is 10. The molecular weight excluding hydrogens is 639 g/mol. The van der Waals surface area contributed by atoms with Crippen molar-refractivity contribution in [3.8, 4) is 5.75 Å². The van der Waals surface area contributed by atoms with Crippen LogP contribution in [0.3, 0.4) is 0 Å². The molecule has 5 atom stereocenters. The first kappa shape index (κ1) is 38.4. The smallest absolute Gasteiger partial charge is 0.482 e. The predicted molar refractivity (Wildman–Crippen MR) is 191 cm³/mol. The third-order valence-electron chi connectivity index (χ3n) is 10.9. The summed E-state index contributed by atoms with van der Waals surface area (Å²) in [6, 6.07) is 5.42. The summed E-state index contributed by atoms with van der Waals surface area (Å²) in [6.45, 7) is 22.3. The zero-order valence-corrected chi connectivity index (χ0v) is 31.9. The lowest BCUT2D eigenvalue weighted by Gasteiger charge is -2.64. The number of carbonyl (C=O) groups excluding carboxylic acids is 3. The number of alkyl carbamates (subject to hydrolysis) is 1. The number of esters is 1. The Hall–Kier alpha value is -2.87. The van der Waals surface area contributed by atoms with Gasteiger partial charge in [0.25, 0.3) is 0 Å². The van der Waals surface area contributed by atoms with Crippen molar-refractivity contribution in [3.63, 3.8) is 0 Å². The molecule has 278 valence electrons. The maximum atomic E-state index is 13.7. The average Bonchev–Trinajstić information content (AvgIpc) is 3.37. The molecule has 1 aromatic rings. The van der Waals surface area contributed by atoms with Gasteiger partial charge in [0.1, 0.15) is 22.5 Å². The zero-order valence-electron chi connectivity index (χ0n) is 31.9. The lowest BCUT2D eigenvalue weighted by molar-refractivity contribution is -0.199. The van der Waals surface area contributed by atoms with E-state index < -0.39 is 41.9 Å². The first-order valence-electron chi connectivity index (χ1n) is 18.2. The van der Waals surface area contributed by atoms with Gasteiger partial charge < -0.3 is 34.2 Å². The molecule has 3 aliphatic carbocycles. The summed E-state index contributed by atoms with van der Waals surface area (Å²) < 4.78 is 30.3. The first-order chi connectivity index (χ1) is 23.3. The van der Waals surface area contributed by atoms with Crippen LogP contribution in [-0.2, 0) is 30.0 Å². The van der Waals surface area contributed by atoms with E-state index in [1.807, 2.05) is 53.7 Å². The molecule has 2 saturated heterocycles. The number of carbonyl (C=O) groups is 3. The highest BCUT2D eigenvalue weighted by Crippen LogP contribution is 2.65. The van der Waals surface area contributed by atoms with Crippen LogP contribution in [0, 0.1) is 17.3 Å². The van der Waals surface area contributed by atoms with Gasteiger partial charge in [0.15, 0.2) is 0 Å². The van der Waals surface area contributed by atoms with Crippen molar-refractivity contribution in [2.75, 3.05) is 52.9 Å². The molecule has 2 amide bonds. The molecular formula is C37H59BN4O8. The van der Waals surface area contributed by atoms with Crippen LogP contribution in [0.1, 0.15) is 91.1 Å². The van der Waals surface area contributed by atoms with Crippen LogP contribution in [0.15, 0.2) is 18.2 Å². The first-order valence-corrected chi connectivity index (χ1v) is 18.2. The molecule has 50 heavy (non-hydrogen) atoms. The molecule has 2 heterocycles. The zero-order chi connectivity index (χ0) is 36.6. The maximum absolute atomic E-state index is 13.7. The van der Waals surface area contributed by atoms with E-state index in [0.717, 1.165) is 44.6 Å². The summed E-state index contributed by atoms with van der Waals surface area (Å²) in [6.07, 6.45) is 1.94. The Kier molecular flexibility index (Phi) is 11.2. The summed E-state index contributed by atoms with van der Waals surface area (Å²) in [5.74, 6) is 0.287. The van der Waals surface area contributed by atoms with Gasteiger partial charge in [-0.25, -0.2) is 9.59 Å². The topological polar surface area (TPSA) is 128 Å². The Bertz CT molecular complexity index is 1400. The monoisotopic (exact) mass is 698 g/mol. The normalized spacial score (nSPS) is 27.1. The molecule has 5 fully saturated rings. The Balaban J connectivity index is 1.25. The second kappa shape index (κ2) is 14.6. The summed E-state index contributed by atoms with van der Waals surface area (Å²) in [5.41, 5.74) is -0.366. The number of ether oxygens (including phenoxy) is 3. The number of nitrogens with one attached hydrogen (secondary N) is 2. The number of methoxy groups -OCH3 is 1. The van der Waals surface area contributed by atoms with Gasteiger partial charge in [0, 0.05) is 39.3 Å². The SMILES string of the molecule is COc1c(CC(NC(=O)CN2CCN(CCNC(=O)OC(C)(C)C)CC2)B2OC3CC4CC(C4(C)C)C3(C)O2)cccc1C(=O)OC(C)(C)C. The van der Waals surface area contributed by atoms with Crippen molar-refractivity contribution in [2.24, 2.45) is 17.3 Å². The van der Waals surface area contributed by atoms with E-state index in [9.17, 15) is 14.4 Å². The van der Waals surface area contributed by atoms with Gasteiger partial charge in [0.05, 0.1) is 31.3 Å². The Morgan fingerprint density at radius 2 is 1.64 bits per heavy atom. The molecule has 0 aromatic heterocycles. The predicted octanol–water partition coefficient (Wildman–Crippen LogP) is 4.09. The number of piperazine rings is 1. The molecule has 6 rings (SSSR count). The van der Waals surface area contributed by atoms with Crippen molar-refractivity contribution < 1.29 is 37.9 Å². The van der Waals surface area contributed by atoms with E-state index in [1.165, 1.54) is 0 Å². The number of para-hydroxylation sites is 1. The van der Waals surface area contributed by atoms with Crippen LogP contribution >= 0.6 is 0 Å². The molecule has 0 spiro atoms. The molecule has 1 aromatic carbocycles. The molecule has 13 heteroatoms. The highest BCUT2D eigenvalue weighted by molar-refractivity contribution is 6.48. The molecule has 5 aliphatic rings. The minimum Gasteiger partial charge on any atom is -0.496 e. The van der Waals surface area contributed by atoms with Gasteiger partial charge in [-0.2, -0.15) is 0 Å². The van der Waals surface area contributed by atoms with Gasteiger partial charge in [-0.3, -0.25) is 14.6 Å². The van der Waals surface area contributed by atoms with E-state index in [0.29, 0.717) is 42.7 Å². The second-order valence-corrected chi connectivity index (χ2v) is 17.3. The Labute approximate surface area is 298 Å². The fourth-order valence-electron chi connectivity index (χ4n) is 8.26. The van der Waals surface area contributed by atoms with Crippen molar-refractivity contribution >= 4 is 25.1 Å². The minimum atomic E-state index is -0.664. The van der Waals surface area contributed by atoms with Crippen LogP contribution < -0.4 is 15.4 Å². The highest BCUT2D eigenvalue weighted by atomic mass is 16.7. The molecule has 5 unspecified atom stereocenters. The van der Waals surface area contributed by atoms with Crippen molar-refractivity contribution in [1.29, 1.82) is 0 Å². The second-order valence-electron chi connectivity index (χ2n) is 17.3. The van der Waals surface area contributed by atoms with Gasteiger partial charge in [-0.1, -0.05) is 26.0 Å². The molecule has 2 bridgehead atoms. The summed E-state index contributed by atoms with van der Waals surface area (Å²) in [5, 5.41) is 6.09. The molecule has 2 aliphatic heterocycles. The molecule has 3 saturated carbocycles. The van der Waals surface area contributed by atoms with E-state index in [2.05, 4.69) is 41.2 Å². The lowest BCUT2D eigenvalue weighted by Crippen LogP contribution is -2.65. The van der Waals surface area contributed by atoms with Crippen LogP contribution in [0.2, 0.25) is 0 Å². The van der Waals surface area contributed by atoms with Gasteiger partial charge >= 0.3 is 19.2 Å². The highest BCUT2D eigenvalue weighted by Gasteiger charge is 2.68. The van der Waals surface area contributed by atoms with Crippen LogP contribution in [0.25, 0.3) is 0 Å². The molecule has 0 radical (unpaired) electrons. The largest absolute Gasteiger partial charge is 0.496 e. The average molecular weight is 699 g/mol. The number of rotatable bonds is 11. The number of benzene rings is 1. The van der Waals surface area contributed by atoms with Gasteiger partial charge in [-0.05, 0) is 96.6 Å². The van der Waals surface area contributed by atoms with Crippen LogP contribution in [-0.4, -0.2) is 117 Å². The quantitative estimate of drug-likeness (QED) is 0.258. The molecule has 12 nitrogen and oxygen atoms in total. The van der Waals surface area contributed by atoms with Crippen molar-refractivity contribution in [1.82, 2.24) is 20.4 Å². The molecule has 2 N–H and O–H groups in total. The van der Waals surface area contributed by atoms with E-state index in [-0.39, 0.29) is 24.0 Å². The summed E-state index contributed by atoms with van der Waals surface area (Å²) >= 11 is 0. The minimum absolute atomic E-state index is 0.0449. The van der Waals surface area contributed by atoms with E-state index in [1.54, 1.807) is 13.2 Å². The van der Waals surface area contributed by atoms with E-state index in [4.69, 9.17) is 23.5 Å².